The van der Waals surface area contributed by atoms with Gasteiger partial charge in [-0.2, -0.15) is 0 Å². The Bertz CT molecular complexity index is 283. The Morgan fingerprint density at radius 1 is 1.62 bits per heavy atom. The minimum atomic E-state index is -0.479. The SMILES string of the molecule is C=C1COC(C2=COCC2)C(=O)N1. The average molecular weight is 181 g/mol. The van der Waals surface area contributed by atoms with Crippen molar-refractivity contribution in [3.8, 4) is 0 Å². The third-order valence-electron chi connectivity index (χ3n) is 2.04. The molecule has 0 spiro atoms. The molecule has 1 amide bonds. The van der Waals surface area contributed by atoms with Gasteiger partial charge in [0.1, 0.15) is 0 Å². The van der Waals surface area contributed by atoms with Crippen LogP contribution in [0, 0.1) is 0 Å². The number of carbonyl (C=O) groups is 1. The summed E-state index contributed by atoms with van der Waals surface area (Å²) in [6.07, 6.45) is 1.90. The van der Waals surface area contributed by atoms with E-state index in [1.54, 1.807) is 6.26 Å². The molecule has 2 aliphatic heterocycles. The van der Waals surface area contributed by atoms with Gasteiger partial charge in [-0.25, -0.2) is 0 Å². The number of hydrogen-bond donors (Lipinski definition) is 1. The van der Waals surface area contributed by atoms with Gasteiger partial charge in [-0.05, 0) is 0 Å². The van der Waals surface area contributed by atoms with E-state index in [-0.39, 0.29) is 5.91 Å². The molecular weight excluding hydrogens is 170 g/mol. The van der Waals surface area contributed by atoms with Crippen molar-refractivity contribution in [3.63, 3.8) is 0 Å². The van der Waals surface area contributed by atoms with Crippen molar-refractivity contribution >= 4 is 5.91 Å². The van der Waals surface area contributed by atoms with Gasteiger partial charge in [0.2, 0.25) is 0 Å². The van der Waals surface area contributed by atoms with Crippen LogP contribution in [0.15, 0.2) is 24.1 Å². The van der Waals surface area contributed by atoms with Gasteiger partial charge in [0.25, 0.3) is 5.91 Å². The van der Waals surface area contributed by atoms with Crippen LogP contribution < -0.4 is 5.32 Å². The quantitative estimate of drug-likeness (QED) is 0.633. The molecule has 2 rings (SSSR count). The minimum absolute atomic E-state index is 0.145. The van der Waals surface area contributed by atoms with Gasteiger partial charge in [0.05, 0.1) is 19.5 Å². The monoisotopic (exact) mass is 181 g/mol. The summed E-state index contributed by atoms with van der Waals surface area (Å²) in [5.74, 6) is -0.145. The summed E-state index contributed by atoms with van der Waals surface area (Å²) in [5, 5.41) is 2.65. The number of carbonyl (C=O) groups excluding carboxylic acids is 1. The molecule has 4 nitrogen and oxygen atoms in total. The molecule has 2 aliphatic rings. The lowest BCUT2D eigenvalue weighted by Crippen LogP contribution is -2.43. The van der Waals surface area contributed by atoms with Crippen molar-refractivity contribution in [2.45, 2.75) is 12.5 Å². The van der Waals surface area contributed by atoms with Crippen LogP contribution in [0.5, 0.6) is 0 Å². The van der Waals surface area contributed by atoms with Crippen LogP contribution in [-0.4, -0.2) is 25.2 Å². The van der Waals surface area contributed by atoms with Crippen LogP contribution in [-0.2, 0) is 14.3 Å². The fourth-order valence-electron chi connectivity index (χ4n) is 1.41. The standard InChI is InChI=1S/C9H11NO3/c1-6-4-13-8(9(11)10-6)7-2-3-12-5-7/h5,8H,1-4H2,(H,10,11). The zero-order valence-electron chi connectivity index (χ0n) is 7.21. The molecule has 2 heterocycles. The molecule has 0 aliphatic carbocycles. The molecule has 0 bridgehead atoms. The number of hydrogen-bond acceptors (Lipinski definition) is 3. The number of ether oxygens (including phenoxy) is 2. The minimum Gasteiger partial charge on any atom is -0.501 e. The Morgan fingerprint density at radius 2 is 2.46 bits per heavy atom. The summed E-state index contributed by atoms with van der Waals surface area (Å²) in [6, 6.07) is 0. The maximum absolute atomic E-state index is 11.4. The summed E-state index contributed by atoms with van der Waals surface area (Å²) in [7, 11) is 0. The molecule has 1 N–H and O–H groups in total. The molecule has 4 heteroatoms. The van der Waals surface area contributed by atoms with Crippen LogP contribution >= 0.6 is 0 Å². The zero-order valence-corrected chi connectivity index (χ0v) is 7.21. The first-order chi connectivity index (χ1) is 6.27. The van der Waals surface area contributed by atoms with E-state index in [1.165, 1.54) is 0 Å². The van der Waals surface area contributed by atoms with Crippen molar-refractivity contribution in [2.75, 3.05) is 13.2 Å². The van der Waals surface area contributed by atoms with Crippen molar-refractivity contribution in [1.29, 1.82) is 0 Å². The van der Waals surface area contributed by atoms with E-state index in [0.717, 1.165) is 12.0 Å². The maximum Gasteiger partial charge on any atom is 0.257 e. The molecule has 0 saturated carbocycles. The Hall–Kier alpha value is -1.29. The molecule has 0 aromatic rings. The van der Waals surface area contributed by atoms with Crippen LogP contribution in [0.3, 0.4) is 0 Å². The maximum atomic E-state index is 11.4. The highest BCUT2D eigenvalue weighted by molar-refractivity contribution is 5.86. The van der Waals surface area contributed by atoms with Gasteiger partial charge in [0, 0.05) is 17.7 Å². The fraction of sp³-hybridized carbons (Fsp3) is 0.444. The zero-order chi connectivity index (χ0) is 9.26. The molecule has 13 heavy (non-hydrogen) atoms. The van der Waals surface area contributed by atoms with Gasteiger partial charge >= 0.3 is 0 Å². The van der Waals surface area contributed by atoms with Crippen molar-refractivity contribution in [2.24, 2.45) is 0 Å². The van der Waals surface area contributed by atoms with Crippen molar-refractivity contribution in [3.05, 3.63) is 24.1 Å². The topological polar surface area (TPSA) is 47.6 Å². The first-order valence-corrected chi connectivity index (χ1v) is 4.18. The lowest BCUT2D eigenvalue weighted by molar-refractivity contribution is -0.132. The van der Waals surface area contributed by atoms with E-state index < -0.39 is 6.10 Å². The average Bonchev–Trinajstić information content (AvgIpc) is 2.56. The third kappa shape index (κ3) is 1.58. The van der Waals surface area contributed by atoms with Crippen molar-refractivity contribution < 1.29 is 14.3 Å². The highest BCUT2D eigenvalue weighted by Gasteiger charge is 2.29. The normalized spacial score (nSPS) is 28.0. The van der Waals surface area contributed by atoms with Gasteiger partial charge in [-0.15, -0.1) is 0 Å². The molecule has 1 saturated heterocycles. The third-order valence-corrected chi connectivity index (χ3v) is 2.04. The van der Waals surface area contributed by atoms with E-state index in [0.29, 0.717) is 18.9 Å². The predicted molar refractivity (Wildman–Crippen MR) is 45.7 cm³/mol. The Kier molecular flexibility index (Phi) is 2.06. The molecule has 0 aromatic carbocycles. The van der Waals surface area contributed by atoms with Gasteiger partial charge < -0.3 is 14.8 Å². The van der Waals surface area contributed by atoms with Gasteiger partial charge in [-0.1, -0.05) is 6.58 Å². The summed E-state index contributed by atoms with van der Waals surface area (Å²) in [6.45, 7) is 4.64. The van der Waals surface area contributed by atoms with Crippen LogP contribution in [0.25, 0.3) is 0 Å². The highest BCUT2D eigenvalue weighted by Crippen LogP contribution is 2.20. The second-order valence-corrected chi connectivity index (χ2v) is 3.10. The summed E-state index contributed by atoms with van der Waals surface area (Å²) in [4.78, 5) is 11.4. The lowest BCUT2D eigenvalue weighted by atomic mass is 10.1. The molecule has 70 valence electrons. The smallest absolute Gasteiger partial charge is 0.257 e. The number of nitrogens with one attached hydrogen (secondary N) is 1. The number of morpholine rings is 1. The van der Waals surface area contributed by atoms with Gasteiger partial charge in [0.15, 0.2) is 6.10 Å². The molecular formula is C9H11NO3. The Labute approximate surface area is 76.2 Å². The largest absolute Gasteiger partial charge is 0.501 e. The number of amides is 1. The van der Waals surface area contributed by atoms with E-state index in [4.69, 9.17) is 9.47 Å². The van der Waals surface area contributed by atoms with Crippen LogP contribution in [0.1, 0.15) is 6.42 Å². The first-order valence-electron chi connectivity index (χ1n) is 4.18. The number of rotatable bonds is 1. The second-order valence-electron chi connectivity index (χ2n) is 3.10. The van der Waals surface area contributed by atoms with Crippen LogP contribution in [0.2, 0.25) is 0 Å². The molecule has 1 unspecified atom stereocenters. The second kappa shape index (κ2) is 3.22. The van der Waals surface area contributed by atoms with E-state index in [1.807, 2.05) is 0 Å². The molecule has 1 fully saturated rings. The fourth-order valence-corrected chi connectivity index (χ4v) is 1.41. The molecule has 0 radical (unpaired) electrons. The van der Waals surface area contributed by atoms with E-state index in [2.05, 4.69) is 11.9 Å². The highest BCUT2D eigenvalue weighted by atomic mass is 16.5. The predicted octanol–water partition coefficient (Wildman–Crippen LogP) is 0.319. The summed E-state index contributed by atoms with van der Waals surface area (Å²) >= 11 is 0. The lowest BCUT2D eigenvalue weighted by Gasteiger charge is -2.24. The Balaban J connectivity index is 2.07. The summed E-state index contributed by atoms with van der Waals surface area (Å²) in [5.41, 5.74) is 1.52. The van der Waals surface area contributed by atoms with E-state index in [9.17, 15) is 4.79 Å². The van der Waals surface area contributed by atoms with E-state index >= 15 is 0 Å². The van der Waals surface area contributed by atoms with Crippen LogP contribution in [0.4, 0.5) is 0 Å². The Morgan fingerprint density at radius 3 is 3.08 bits per heavy atom. The molecule has 1 atom stereocenters. The summed E-state index contributed by atoms with van der Waals surface area (Å²) < 4.78 is 10.4. The molecule has 0 aromatic heterocycles. The van der Waals surface area contributed by atoms with Crippen molar-refractivity contribution in [1.82, 2.24) is 5.32 Å². The van der Waals surface area contributed by atoms with Gasteiger partial charge in [-0.3, -0.25) is 4.79 Å². The first kappa shape index (κ1) is 8.31.